The fraction of sp³-hybridized carbons (Fsp3) is 0.0588. The topological polar surface area (TPSA) is 140 Å². The third-order valence-electron chi connectivity index (χ3n) is 3.69. The molecule has 0 aliphatic rings. The Morgan fingerprint density at radius 2 is 1.93 bits per heavy atom. The van der Waals surface area contributed by atoms with Crippen LogP contribution in [0.5, 0.6) is 0 Å². The van der Waals surface area contributed by atoms with Gasteiger partial charge >= 0.3 is 5.69 Å². The molecule has 0 atom stereocenters. The zero-order valence-corrected chi connectivity index (χ0v) is 13.8. The van der Waals surface area contributed by atoms with E-state index in [2.05, 4.69) is 15.3 Å². The van der Waals surface area contributed by atoms with Gasteiger partial charge in [0.2, 0.25) is 0 Å². The minimum Gasteiger partial charge on any atom is -0.322 e. The van der Waals surface area contributed by atoms with E-state index in [4.69, 9.17) is 0 Å². The van der Waals surface area contributed by atoms with E-state index in [-0.39, 0.29) is 23.5 Å². The van der Waals surface area contributed by atoms with Crippen molar-refractivity contribution in [1.29, 1.82) is 0 Å². The van der Waals surface area contributed by atoms with Crippen LogP contribution in [-0.2, 0) is 6.54 Å². The van der Waals surface area contributed by atoms with E-state index in [0.29, 0.717) is 5.69 Å². The van der Waals surface area contributed by atoms with Gasteiger partial charge in [-0.15, -0.1) is 0 Å². The molecule has 2 N–H and O–H groups in total. The quantitative estimate of drug-likeness (QED) is 0.512. The molecule has 2 heterocycles. The van der Waals surface area contributed by atoms with Gasteiger partial charge in [0.15, 0.2) is 0 Å². The van der Waals surface area contributed by atoms with Crippen molar-refractivity contribution in [3.63, 3.8) is 0 Å². The normalized spacial score (nSPS) is 10.4. The van der Waals surface area contributed by atoms with Crippen LogP contribution in [0.25, 0.3) is 0 Å². The number of nitrogens with zero attached hydrogens (tertiary/aromatic N) is 3. The second-order valence-electron chi connectivity index (χ2n) is 5.48. The first-order chi connectivity index (χ1) is 13.0. The van der Waals surface area contributed by atoms with Crippen LogP contribution in [0.15, 0.2) is 64.4 Å². The SMILES string of the molecule is O=C(Nc1ccc([N+](=O)[O-])cc1)c1c[nH]c(=O)n(Cc2ccccn2)c1=O. The Morgan fingerprint density at radius 3 is 2.56 bits per heavy atom. The Balaban J connectivity index is 1.87. The maximum atomic E-state index is 12.5. The van der Waals surface area contributed by atoms with Gasteiger partial charge in [-0.05, 0) is 24.3 Å². The minimum absolute atomic E-state index is 0.0896. The zero-order valence-electron chi connectivity index (χ0n) is 13.8. The number of carbonyl (C=O) groups is 1. The first kappa shape index (κ1) is 17.7. The predicted molar refractivity (Wildman–Crippen MR) is 95.7 cm³/mol. The van der Waals surface area contributed by atoms with Crippen molar-refractivity contribution in [1.82, 2.24) is 14.5 Å². The molecular formula is C17H13N5O5. The summed E-state index contributed by atoms with van der Waals surface area (Å²) in [4.78, 5) is 53.4. The molecule has 0 aliphatic heterocycles. The molecule has 10 heteroatoms. The summed E-state index contributed by atoms with van der Waals surface area (Å²) in [6, 6.07) is 10.2. The van der Waals surface area contributed by atoms with E-state index in [1.54, 1.807) is 18.2 Å². The van der Waals surface area contributed by atoms with Crippen LogP contribution in [0.3, 0.4) is 0 Å². The number of anilines is 1. The molecule has 0 radical (unpaired) electrons. The number of H-pyrrole nitrogens is 1. The summed E-state index contributed by atoms with van der Waals surface area (Å²) in [5.41, 5.74) is -1.09. The molecule has 0 spiro atoms. The molecule has 136 valence electrons. The van der Waals surface area contributed by atoms with Gasteiger partial charge < -0.3 is 10.3 Å². The number of non-ortho nitro benzene ring substituents is 1. The number of nitro groups is 1. The van der Waals surface area contributed by atoms with Crippen LogP contribution >= 0.6 is 0 Å². The second-order valence-corrected chi connectivity index (χ2v) is 5.48. The van der Waals surface area contributed by atoms with Gasteiger partial charge in [-0.2, -0.15) is 0 Å². The number of nitro benzene ring substituents is 1. The number of aromatic amines is 1. The molecular weight excluding hydrogens is 354 g/mol. The summed E-state index contributed by atoms with van der Waals surface area (Å²) in [7, 11) is 0. The van der Waals surface area contributed by atoms with Crippen molar-refractivity contribution in [2.45, 2.75) is 6.54 Å². The van der Waals surface area contributed by atoms with E-state index in [9.17, 15) is 24.5 Å². The second kappa shape index (κ2) is 7.44. The summed E-state index contributed by atoms with van der Waals surface area (Å²) in [6.45, 7) is -0.0896. The van der Waals surface area contributed by atoms with E-state index in [1.807, 2.05) is 0 Å². The van der Waals surface area contributed by atoms with Crippen LogP contribution < -0.4 is 16.6 Å². The lowest BCUT2D eigenvalue weighted by molar-refractivity contribution is -0.384. The van der Waals surface area contributed by atoms with Gasteiger partial charge in [-0.25, -0.2) is 4.79 Å². The molecule has 0 saturated carbocycles. The van der Waals surface area contributed by atoms with Crippen molar-refractivity contribution in [2.24, 2.45) is 0 Å². The molecule has 3 aromatic rings. The summed E-state index contributed by atoms with van der Waals surface area (Å²) < 4.78 is 0.868. The van der Waals surface area contributed by atoms with Gasteiger partial charge in [0.1, 0.15) is 5.56 Å². The largest absolute Gasteiger partial charge is 0.328 e. The lowest BCUT2D eigenvalue weighted by Gasteiger charge is -2.08. The van der Waals surface area contributed by atoms with Crippen molar-refractivity contribution in [3.8, 4) is 0 Å². The van der Waals surface area contributed by atoms with Crippen LogP contribution in [0.2, 0.25) is 0 Å². The average molecular weight is 367 g/mol. The van der Waals surface area contributed by atoms with Gasteiger partial charge in [-0.3, -0.25) is 29.3 Å². The third-order valence-corrected chi connectivity index (χ3v) is 3.69. The van der Waals surface area contributed by atoms with Crippen LogP contribution in [0.4, 0.5) is 11.4 Å². The molecule has 0 fully saturated rings. The molecule has 2 aromatic heterocycles. The Labute approximate surface area is 151 Å². The monoisotopic (exact) mass is 367 g/mol. The van der Waals surface area contributed by atoms with Crippen LogP contribution in [0.1, 0.15) is 16.1 Å². The number of rotatable bonds is 5. The highest BCUT2D eigenvalue weighted by molar-refractivity contribution is 6.03. The predicted octanol–water partition coefficient (Wildman–Crippen LogP) is 1.14. The number of amides is 1. The van der Waals surface area contributed by atoms with Crippen molar-refractivity contribution in [2.75, 3.05) is 5.32 Å². The summed E-state index contributed by atoms with van der Waals surface area (Å²) in [5.74, 6) is -0.750. The van der Waals surface area contributed by atoms with Crippen LogP contribution in [0, 0.1) is 10.1 Å². The lowest BCUT2D eigenvalue weighted by Crippen LogP contribution is -2.39. The minimum atomic E-state index is -0.774. The molecule has 0 aliphatic carbocycles. The average Bonchev–Trinajstić information content (AvgIpc) is 2.66. The molecule has 0 saturated heterocycles. The number of aromatic nitrogens is 3. The molecule has 1 amide bonds. The summed E-state index contributed by atoms with van der Waals surface area (Å²) in [6.07, 6.45) is 2.56. The van der Waals surface area contributed by atoms with E-state index in [1.165, 1.54) is 30.5 Å². The Morgan fingerprint density at radius 1 is 1.19 bits per heavy atom. The number of benzene rings is 1. The van der Waals surface area contributed by atoms with Crippen LogP contribution in [-0.4, -0.2) is 25.4 Å². The Hall–Kier alpha value is -4.08. The van der Waals surface area contributed by atoms with Gasteiger partial charge in [0.05, 0.1) is 17.2 Å². The van der Waals surface area contributed by atoms with E-state index >= 15 is 0 Å². The Bertz CT molecular complexity index is 1100. The smallest absolute Gasteiger partial charge is 0.322 e. The highest BCUT2D eigenvalue weighted by Crippen LogP contribution is 2.15. The molecule has 0 unspecified atom stereocenters. The molecule has 0 bridgehead atoms. The van der Waals surface area contributed by atoms with Gasteiger partial charge in [-0.1, -0.05) is 6.07 Å². The fourth-order valence-electron chi connectivity index (χ4n) is 2.34. The van der Waals surface area contributed by atoms with Gasteiger partial charge in [0.25, 0.3) is 17.2 Å². The number of hydrogen-bond donors (Lipinski definition) is 2. The van der Waals surface area contributed by atoms with E-state index in [0.717, 1.165) is 10.8 Å². The molecule has 1 aromatic carbocycles. The van der Waals surface area contributed by atoms with Gasteiger partial charge in [0, 0.05) is 30.2 Å². The highest BCUT2D eigenvalue weighted by atomic mass is 16.6. The summed E-state index contributed by atoms with van der Waals surface area (Å²) >= 11 is 0. The fourth-order valence-corrected chi connectivity index (χ4v) is 2.34. The van der Waals surface area contributed by atoms with Crippen molar-refractivity contribution < 1.29 is 9.72 Å². The first-order valence-corrected chi connectivity index (χ1v) is 7.74. The third kappa shape index (κ3) is 3.95. The molecule has 3 rings (SSSR count). The highest BCUT2D eigenvalue weighted by Gasteiger charge is 2.16. The molecule has 27 heavy (non-hydrogen) atoms. The number of carbonyl (C=O) groups excluding carboxylic acids is 1. The van der Waals surface area contributed by atoms with E-state index < -0.39 is 22.1 Å². The first-order valence-electron chi connectivity index (χ1n) is 7.74. The maximum Gasteiger partial charge on any atom is 0.328 e. The summed E-state index contributed by atoms with van der Waals surface area (Å²) in [5, 5.41) is 13.1. The number of nitrogens with one attached hydrogen (secondary N) is 2. The zero-order chi connectivity index (χ0) is 19.4. The molecule has 10 nitrogen and oxygen atoms in total. The van der Waals surface area contributed by atoms with Crippen molar-refractivity contribution >= 4 is 17.3 Å². The lowest BCUT2D eigenvalue weighted by atomic mass is 10.2. The standard InChI is InChI=1S/C17H13N5O5/c23-15(20-11-4-6-13(7-5-11)22(26)27)14-9-19-17(25)21(16(14)24)10-12-3-1-2-8-18-12/h1-9H,10H2,(H,19,25)(H,20,23). The van der Waals surface area contributed by atoms with Crippen molar-refractivity contribution in [3.05, 3.63) is 97.1 Å². The maximum absolute atomic E-state index is 12.5. The number of hydrogen-bond acceptors (Lipinski definition) is 6. The number of pyridine rings is 1. The Kier molecular flexibility index (Phi) is 4.88.